The van der Waals surface area contributed by atoms with E-state index in [9.17, 15) is 14.4 Å². The van der Waals surface area contributed by atoms with Crippen LogP contribution in [0.5, 0.6) is 0 Å². The van der Waals surface area contributed by atoms with Crippen molar-refractivity contribution in [1.82, 2.24) is 0 Å². The molecule has 0 spiro atoms. The Balaban J connectivity index is 4.58. The predicted octanol–water partition coefficient (Wildman–Crippen LogP) is 21.7. The van der Waals surface area contributed by atoms with Gasteiger partial charge in [0.05, 0.1) is 0 Å². The Morgan fingerprint density at radius 3 is 0.759 bits per heavy atom. The van der Waals surface area contributed by atoms with Crippen molar-refractivity contribution in [3.05, 3.63) is 182 Å². The first-order valence-corrected chi connectivity index (χ1v) is 31.3. The maximum absolute atomic E-state index is 12.9. The van der Waals surface area contributed by atoms with E-state index >= 15 is 0 Å². The molecule has 0 rings (SSSR count). The lowest BCUT2D eigenvalue weighted by molar-refractivity contribution is -0.167. The Labute approximate surface area is 484 Å². The van der Waals surface area contributed by atoms with Gasteiger partial charge in [0.1, 0.15) is 13.2 Å². The molecule has 0 aromatic rings. The maximum atomic E-state index is 12.9. The predicted molar refractivity (Wildman–Crippen MR) is 343 cm³/mol. The maximum Gasteiger partial charge on any atom is 0.306 e. The number of hydrogen-bond acceptors (Lipinski definition) is 6. The molecule has 0 radical (unpaired) electrons. The van der Waals surface area contributed by atoms with Crippen molar-refractivity contribution in [1.29, 1.82) is 0 Å². The zero-order valence-electron chi connectivity index (χ0n) is 50.3. The number of rotatable bonds is 54. The van der Waals surface area contributed by atoms with Crippen LogP contribution in [0.3, 0.4) is 0 Å². The van der Waals surface area contributed by atoms with Crippen molar-refractivity contribution in [2.45, 2.75) is 245 Å². The smallest absolute Gasteiger partial charge is 0.306 e. The lowest BCUT2D eigenvalue weighted by Crippen LogP contribution is -2.30. The highest BCUT2D eigenvalue weighted by molar-refractivity contribution is 5.71. The molecule has 0 saturated heterocycles. The molecule has 0 aliphatic heterocycles. The summed E-state index contributed by atoms with van der Waals surface area (Å²) >= 11 is 0. The Bertz CT molecular complexity index is 1870. The second kappa shape index (κ2) is 65.0. The van der Waals surface area contributed by atoms with Gasteiger partial charge >= 0.3 is 17.9 Å². The molecule has 6 heteroatoms. The molecule has 1 unspecified atom stereocenters. The number of hydrogen-bond donors (Lipinski definition) is 0. The highest BCUT2D eigenvalue weighted by atomic mass is 16.6. The molecule has 0 N–H and O–H groups in total. The minimum Gasteiger partial charge on any atom is -0.462 e. The Morgan fingerprint density at radius 1 is 0.253 bits per heavy atom. The topological polar surface area (TPSA) is 78.9 Å². The van der Waals surface area contributed by atoms with Gasteiger partial charge in [-0.2, -0.15) is 0 Å². The lowest BCUT2D eigenvalue weighted by atomic mass is 10.1. The number of carbonyl (C=O) groups is 3. The summed E-state index contributed by atoms with van der Waals surface area (Å²) in [6.07, 6.45) is 97.5. The Morgan fingerprint density at radius 2 is 0.468 bits per heavy atom. The van der Waals surface area contributed by atoms with Gasteiger partial charge in [0, 0.05) is 19.3 Å². The van der Waals surface area contributed by atoms with Crippen molar-refractivity contribution < 1.29 is 28.6 Å². The zero-order valence-corrected chi connectivity index (χ0v) is 50.3. The van der Waals surface area contributed by atoms with E-state index in [0.29, 0.717) is 12.8 Å². The minimum atomic E-state index is -0.829. The fourth-order valence-electron chi connectivity index (χ4n) is 7.82. The van der Waals surface area contributed by atoms with Crippen molar-refractivity contribution >= 4 is 17.9 Å². The van der Waals surface area contributed by atoms with Crippen LogP contribution in [-0.2, 0) is 28.6 Å². The number of allylic oxidation sites excluding steroid dienone is 30. The molecule has 79 heavy (non-hydrogen) atoms. The van der Waals surface area contributed by atoms with E-state index in [2.05, 4.69) is 203 Å². The summed E-state index contributed by atoms with van der Waals surface area (Å²) in [4.78, 5) is 38.3. The Hall–Kier alpha value is -5.49. The molecular weight excluding hydrogens is 973 g/mol. The van der Waals surface area contributed by atoms with Crippen LogP contribution in [0, 0.1) is 0 Å². The summed E-state index contributed by atoms with van der Waals surface area (Å²) in [7, 11) is 0. The molecule has 440 valence electrons. The molecule has 0 aromatic heterocycles. The van der Waals surface area contributed by atoms with Crippen LogP contribution in [0.25, 0.3) is 0 Å². The monoisotopic (exact) mass is 1080 g/mol. The third-order valence-corrected chi connectivity index (χ3v) is 12.4. The minimum absolute atomic E-state index is 0.119. The highest BCUT2D eigenvalue weighted by Crippen LogP contribution is 2.13. The van der Waals surface area contributed by atoms with Crippen LogP contribution >= 0.6 is 0 Å². The SMILES string of the molecule is CC/C=C\C/C=C\C/C=C\C/C=C\C/C=C\C/C=C\C/C=C\CCCC(=O)OCC(COC(=O)CCCCCCCCC/C=C\C/C=C\C/C=C\CC)OC(=O)CCCCCCC/C=C\C/C=C\C/C=C\C/C=C\C/C=C\CC. The first kappa shape index (κ1) is 73.5. The molecule has 0 amide bonds. The van der Waals surface area contributed by atoms with E-state index in [4.69, 9.17) is 14.2 Å². The largest absolute Gasteiger partial charge is 0.462 e. The average molecular weight is 1090 g/mol. The number of ether oxygens (including phenoxy) is 3. The van der Waals surface area contributed by atoms with Crippen LogP contribution < -0.4 is 0 Å². The van der Waals surface area contributed by atoms with Crippen LogP contribution in [0.2, 0.25) is 0 Å². The second-order valence-electron chi connectivity index (χ2n) is 19.8. The van der Waals surface area contributed by atoms with Gasteiger partial charge in [0.25, 0.3) is 0 Å². The van der Waals surface area contributed by atoms with Crippen LogP contribution in [0.4, 0.5) is 0 Å². The van der Waals surface area contributed by atoms with E-state index in [0.717, 1.165) is 167 Å². The van der Waals surface area contributed by atoms with Gasteiger partial charge in [-0.3, -0.25) is 14.4 Å². The molecule has 0 aliphatic rings. The summed E-state index contributed by atoms with van der Waals surface area (Å²) in [5, 5.41) is 0. The summed E-state index contributed by atoms with van der Waals surface area (Å²) in [6.45, 7) is 6.22. The van der Waals surface area contributed by atoms with Crippen LogP contribution in [-0.4, -0.2) is 37.2 Å². The molecule has 0 fully saturated rings. The number of esters is 3. The number of carbonyl (C=O) groups excluding carboxylic acids is 3. The van der Waals surface area contributed by atoms with Crippen molar-refractivity contribution in [3.63, 3.8) is 0 Å². The molecule has 0 heterocycles. The fourth-order valence-corrected chi connectivity index (χ4v) is 7.82. The molecule has 0 aromatic carbocycles. The molecule has 6 nitrogen and oxygen atoms in total. The third-order valence-electron chi connectivity index (χ3n) is 12.4. The zero-order chi connectivity index (χ0) is 57.1. The summed E-state index contributed by atoms with van der Waals surface area (Å²) in [5.74, 6) is -1.02. The molecule has 0 bridgehead atoms. The normalized spacial score (nSPS) is 13.4. The number of unbranched alkanes of at least 4 members (excludes halogenated alkanes) is 13. The van der Waals surface area contributed by atoms with Crippen molar-refractivity contribution in [3.8, 4) is 0 Å². The summed E-state index contributed by atoms with van der Waals surface area (Å²) in [6, 6.07) is 0. The van der Waals surface area contributed by atoms with Crippen LogP contribution in [0.1, 0.15) is 239 Å². The van der Waals surface area contributed by atoms with E-state index in [1.54, 1.807) is 0 Å². The first-order valence-electron chi connectivity index (χ1n) is 31.3. The van der Waals surface area contributed by atoms with Gasteiger partial charge in [0.15, 0.2) is 6.10 Å². The highest BCUT2D eigenvalue weighted by Gasteiger charge is 2.19. The van der Waals surface area contributed by atoms with E-state index in [1.165, 1.54) is 25.7 Å². The van der Waals surface area contributed by atoms with Crippen LogP contribution in [0.15, 0.2) is 182 Å². The summed E-state index contributed by atoms with van der Waals surface area (Å²) < 4.78 is 16.9. The first-order chi connectivity index (χ1) is 39.0. The van der Waals surface area contributed by atoms with E-state index in [1.807, 2.05) is 0 Å². The van der Waals surface area contributed by atoms with Gasteiger partial charge in [-0.15, -0.1) is 0 Å². The average Bonchev–Trinajstić information content (AvgIpc) is 3.45. The lowest BCUT2D eigenvalue weighted by Gasteiger charge is -2.18. The third kappa shape index (κ3) is 63.2. The fraction of sp³-hybridized carbons (Fsp3) is 0.548. The van der Waals surface area contributed by atoms with Gasteiger partial charge in [-0.05, 0) is 148 Å². The van der Waals surface area contributed by atoms with E-state index < -0.39 is 6.10 Å². The molecule has 0 aliphatic carbocycles. The molecule has 0 saturated carbocycles. The standard InChI is InChI=1S/C73H112O6/c1-4-7-10-13-16-19-22-25-28-31-33-35-36-38-39-42-45-48-51-54-57-60-63-66-72(75)78-69-70(68-77-71(74)65-62-59-56-53-50-47-44-41-30-27-24-21-18-15-12-9-6-3)79-73(76)67-64-61-58-55-52-49-46-43-40-37-34-32-29-26-23-20-17-14-11-8-5-2/h7-12,16-21,25-30,33-35,37-39,43,45-46,48,54,57,70H,4-6,13-15,22-24,31-32,36,40-42,44,47,49-53,55-56,58-69H2,1-3H3/b10-7-,11-8-,12-9-,19-16-,20-17-,21-18-,28-25-,29-26-,30-27-,35-33-,37-34-,39-38-,46-43-,48-45-,57-54-. The van der Waals surface area contributed by atoms with Gasteiger partial charge in [-0.1, -0.05) is 254 Å². The van der Waals surface area contributed by atoms with Gasteiger partial charge in [0.2, 0.25) is 0 Å². The summed E-state index contributed by atoms with van der Waals surface area (Å²) in [5.41, 5.74) is 0. The molecular formula is C73H112O6. The van der Waals surface area contributed by atoms with Crippen molar-refractivity contribution in [2.75, 3.05) is 13.2 Å². The quantitative estimate of drug-likeness (QED) is 0.0261. The Kier molecular flexibility index (Phi) is 60.5. The van der Waals surface area contributed by atoms with E-state index in [-0.39, 0.29) is 44.0 Å². The molecule has 1 atom stereocenters. The second-order valence-corrected chi connectivity index (χ2v) is 19.8. The van der Waals surface area contributed by atoms with Gasteiger partial charge in [-0.25, -0.2) is 0 Å². The van der Waals surface area contributed by atoms with Crippen molar-refractivity contribution in [2.24, 2.45) is 0 Å². The van der Waals surface area contributed by atoms with Gasteiger partial charge < -0.3 is 14.2 Å².